The molecule has 0 saturated heterocycles. The molecule has 0 unspecified atom stereocenters. The lowest BCUT2D eigenvalue weighted by Gasteiger charge is -2.17. The summed E-state index contributed by atoms with van der Waals surface area (Å²) < 4.78 is 1.63. The quantitative estimate of drug-likeness (QED) is 0.236. The van der Waals surface area contributed by atoms with Crippen LogP contribution < -0.4 is 10.6 Å². The highest BCUT2D eigenvalue weighted by molar-refractivity contribution is 6.33. The minimum Gasteiger partial charge on any atom is -0.306 e. The van der Waals surface area contributed by atoms with E-state index in [1.54, 1.807) is 41.3 Å². The molecule has 180 valence electrons. The summed E-state index contributed by atoms with van der Waals surface area (Å²) >= 11 is 6.08. The number of Topliss-reactive ketones (excluding diaryl/α,β-unsaturated/α-hetero) is 1. The molecule has 0 bridgehead atoms. The number of urea groups is 1. The summed E-state index contributed by atoms with van der Waals surface area (Å²) in [5.74, 6) is 0.134. The topological polar surface area (TPSA) is 79.3 Å². The predicted molar refractivity (Wildman–Crippen MR) is 138 cm³/mol. The van der Waals surface area contributed by atoms with Crippen molar-refractivity contribution in [1.29, 1.82) is 0 Å². The van der Waals surface area contributed by atoms with E-state index in [1.807, 2.05) is 24.3 Å². The Kier molecular flexibility index (Phi) is 9.67. The molecule has 2 N–H and O–H groups in total. The number of hydrogen-bond acceptors (Lipinski definition) is 4. The summed E-state index contributed by atoms with van der Waals surface area (Å²) in [7, 11) is 0. The number of nitrogens with one attached hydrogen (secondary N) is 2. The number of hydrogen-bond donors (Lipinski definition) is 2. The SMILES string of the molecule is CCN(CC)CCCCCC(=O)c1cccc(-n2cc(NC(=O)Nc3ccccc3Cl)cn2)c1. The number of amides is 2. The fraction of sp³-hybridized carbons (Fsp3) is 0.346. The molecule has 0 aliphatic rings. The molecule has 34 heavy (non-hydrogen) atoms. The molecule has 0 radical (unpaired) electrons. The molecule has 0 spiro atoms. The van der Waals surface area contributed by atoms with Gasteiger partial charge in [0.25, 0.3) is 0 Å². The van der Waals surface area contributed by atoms with Gasteiger partial charge >= 0.3 is 6.03 Å². The molecular formula is C26H32ClN5O2. The van der Waals surface area contributed by atoms with E-state index in [4.69, 9.17) is 11.6 Å². The summed E-state index contributed by atoms with van der Waals surface area (Å²) in [6, 6.07) is 14.0. The fourth-order valence-corrected chi connectivity index (χ4v) is 3.86. The minimum absolute atomic E-state index is 0.134. The maximum absolute atomic E-state index is 12.7. The van der Waals surface area contributed by atoms with Crippen molar-refractivity contribution in [3.8, 4) is 5.69 Å². The highest BCUT2D eigenvalue weighted by Gasteiger charge is 2.10. The lowest BCUT2D eigenvalue weighted by atomic mass is 10.0. The van der Waals surface area contributed by atoms with Gasteiger partial charge in [-0.1, -0.05) is 56.1 Å². The third-order valence-electron chi connectivity index (χ3n) is 5.67. The zero-order valence-corrected chi connectivity index (χ0v) is 20.5. The summed E-state index contributed by atoms with van der Waals surface area (Å²) in [5.41, 5.74) is 2.47. The first-order valence-electron chi connectivity index (χ1n) is 11.7. The number of para-hydroxylation sites is 1. The number of rotatable bonds is 12. The number of ketones is 1. The number of nitrogens with zero attached hydrogens (tertiary/aromatic N) is 3. The Hall–Kier alpha value is -3.16. The Morgan fingerprint density at radius 3 is 2.56 bits per heavy atom. The number of carbonyl (C=O) groups is 2. The zero-order chi connectivity index (χ0) is 24.3. The Balaban J connectivity index is 1.53. The number of unbranched alkanes of at least 4 members (excludes halogenated alkanes) is 2. The van der Waals surface area contributed by atoms with Gasteiger partial charge in [0, 0.05) is 12.0 Å². The third kappa shape index (κ3) is 7.43. The van der Waals surface area contributed by atoms with E-state index in [0.29, 0.717) is 28.4 Å². The van der Waals surface area contributed by atoms with Crippen LogP contribution in [0, 0.1) is 0 Å². The second-order valence-corrected chi connectivity index (χ2v) is 8.45. The van der Waals surface area contributed by atoms with Crippen molar-refractivity contribution >= 4 is 34.8 Å². The van der Waals surface area contributed by atoms with Gasteiger partial charge in [0.15, 0.2) is 5.78 Å². The van der Waals surface area contributed by atoms with Crippen LogP contribution >= 0.6 is 11.6 Å². The van der Waals surface area contributed by atoms with Crippen LogP contribution in [0.25, 0.3) is 5.69 Å². The van der Waals surface area contributed by atoms with Crippen LogP contribution in [0.5, 0.6) is 0 Å². The largest absolute Gasteiger partial charge is 0.323 e. The maximum atomic E-state index is 12.7. The van der Waals surface area contributed by atoms with Gasteiger partial charge in [-0.25, -0.2) is 9.48 Å². The van der Waals surface area contributed by atoms with E-state index in [0.717, 1.165) is 44.6 Å². The first-order valence-corrected chi connectivity index (χ1v) is 12.1. The Morgan fingerprint density at radius 2 is 1.79 bits per heavy atom. The van der Waals surface area contributed by atoms with Crippen molar-refractivity contribution in [1.82, 2.24) is 14.7 Å². The van der Waals surface area contributed by atoms with E-state index in [1.165, 1.54) is 0 Å². The first-order chi connectivity index (χ1) is 16.5. The zero-order valence-electron chi connectivity index (χ0n) is 19.8. The second kappa shape index (κ2) is 12.9. The molecule has 3 rings (SSSR count). The van der Waals surface area contributed by atoms with Gasteiger partial charge in [-0.15, -0.1) is 0 Å². The molecule has 7 nitrogen and oxygen atoms in total. The lowest BCUT2D eigenvalue weighted by molar-refractivity contribution is 0.0978. The van der Waals surface area contributed by atoms with Crippen molar-refractivity contribution in [3.63, 3.8) is 0 Å². The molecule has 0 saturated carbocycles. The van der Waals surface area contributed by atoms with Gasteiger partial charge in [0.05, 0.1) is 34.5 Å². The number of aromatic nitrogens is 2. The van der Waals surface area contributed by atoms with Crippen molar-refractivity contribution in [2.24, 2.45) is 0 Å². The molecule has 0 atom stereocenters. The van der Waals surface area contributed by atoms with Crippen molar-refractivity contribution in [2.75, 3.05) is 30.3 Å². The Bertz CT molecular complexity index is 1090. The van der Waals surface area contributed by atoms with Gasteiger partial charge < -0.3 is 15.5 Å². The van der Waals surface area contributed by atoms with Crippen LogP contribution in [0.1, 0.15) is 49.9 Å². The molecule has 0 aliphatic carbocycles. The van der Waals surface area contributed by atoms with Gasteiger partial charge in [-0.05, 0) is 56.7 Å². The second-order valence-electron chi connectivity index (χ2n) is 8.04. The van der Waals surface area contributed by atoms with Crippen LogP contribution in [0.3, 0.4) is 0 Å². The van der Waals surface area contributed by atoms with E-state index in [2.05, 4.69) is 34.5 Å². The van der Waals surface area contributed by atoms with Crippen LogP contribution in [-0.4, -0.2) is 46.1 Å². The van der Waals surface area contributed by atoms with Crippen molar-refractivity contribution in [3.05, 3.63) is 71.5 Å². The van der Waals surface area contributed by atoms with Gasteiger partial charge in [-0.2, -0.15) is 5.10 Å². The number of anilines is 2. The average Bonchev–Trinajstić information content (AvgIpc) is 3.31. The van der Waals surface area contributed by atoms with Crippen molar-refractivity contribution < 1.29 is 9.59 Å². The number of carbonyl (C=O) groups excluding carboxylic acids is 2. The Labute approximate surface area is 206 Å². The first kappa shape index (κ1) is 25.5. The predicted octanol–water partition coefficient (Wildman–Crippen LogP) is 6.25. The van der Waals surface area contributed by atoms with Crippen molar-refractivity contribution in [2.45, 2.75) is 39.5 Å². The van der Waals surface area contributed by atoms with E-state index in [-0.39, 0.29) is 5.78 Å². The molecule has 8 heteroatoms. The molecule has 2 amide bonds. The number of halogens is 1. The van der Waals surface area contributed by atoms with E-state index < -0.39 is 6.03 Å². The smallest absolute Gasteiger partial charge is 0.306 e. The normalized spacial score (nSPS) is 10.9. The van der Waals surface area contributed by atoms with Crippen LogP contribution in [0.4, 0.5) is 16.2 Å². The van der Waals surface area contributed by atoms with E-state index >= 15 is 0 Å². The molecule has 1 heterocycles. The monoisotopic (exact) mass is 481 g/mol. The highest BCUT2D eigenvalue weighted by atomic mass is 35.5. The summed E-state index contributed by atoms with van der Waals surface area (Å²) in [6.07, 6.45) is 6.84. The van der Waals surface area contributed by atoms with Gasteiger partial charge in [0.1, 0.15) is 0 Å². The maximum Gasteiger partial charge on any atom is 0.323 e. The summed E-state index contributed by atoms with van der Waals surface area (Å²) in [5, 5.41) is 10.2. The summed E-state index contributed by atoms with van der Waals surface area (Å²) in [4.78, 5) is 27.4. The highest BCUT2D eigenvalue weighted by Crippen LogP contribution is 2.21. The van der Waals surface area contributed by atoms with Gasteiger partial charge in [-0.3, -0.25) is 4.79 Å². The summed E-state index contributed by atoms with van der Waals surface area (Å²) in [6.45, 7) is 7.57. The minimum atomic E-state index is -0.419. The van der Waals surface area contributed by atoms with Crippen LogP contribution in [0.2, 0.25) is 5.02 Å². The molecule has 0 aliphatic heterocycles. The Morgan fingerprint density at radius 1 is 1.00 bits per heavy atom. The standard InChI is InChI=1S/C26H32ClN5O2/c1-3-31(4-2)16-9-5-6-15-25(33)20-11-10-12-22(17-20)32-19-21(18-28-32)29-26(34)30-24-14-8-7-13-23(24)27/h7-8,10-14,17-19H,3-6,9,15-16H2,1-2H3,(H2,29,30,34). The van der Waals surface area contributed by atoms with Crippen LogP contribution in [-0.2, 0) is 0 Å². The lowest BCUT2D eigenvalue weighted by Crippen LogP contribution is -2.23. The van der Waals surface area contributed by atoms with Crippen LogP contribution in [0.15, 0.2) is 60.9 Å². The molecule has 0 fully saturated rings. The molecule has 2 aromatic carbocycles. The number of benzene rings is 2. The average molecular weight is 482 g/mol. The molecule has 1 aromatic heterocycles. The third-order valence-corrected chi connectivity index (χ3v) is 6.00. The fourth-order valence-electron chi connectivity index (χ4n) is 3.68. The van der Waals surface area contributed by atoms with Gasteiger partial charge in [0.2, 0.25) is 0 Å². The molecule has 3 aromatic rings. The molecular weight excluding hydrogens is 450 g/mol. The van der Waals surface area contributed by atoms with E-state index in [9.17, 15) is 9.59 Å².